The van der Waals surface area contributed by atoms with Crippen LogP contribution in [0.15, 0.2) is 30.3 Å². The van der Waals surface area contributed by atoms with Gasteiger partial charge in [0.05, 0.1) is 5.69 Å². The van der Waals surface area contributed by atoms with Gasteiger partial charge >= 0.3 is 0 Å². The van der Waals surface area contributed by atoms with E-state index in [-0.39, 0.29) is 0 Å². The summed E-state index contributed by atoms with van der Waals surface area (Å²) >= 11 is 0. The Kier molecular flexibility index (Phi) is 2.10. The van der Waals surface area contributed by atoms with Crippen LogP contribution in [0.25, 0.3) is 5.69 Å². The van der Waals surface area contributed by atoms with E-state index in [0.717, 1.165) is 36.6 Å². The molecule has 2 fully saturated rings. The van der Waals surface area contributed by atoms with Crippen molar-refractivity contribution in [3.63, 3.8) is 0 Å². The largest absolute Gasteiger partial charge is 0.349 e. The fourth-order valence-corrected chi connectivity index (χ4v) is 2.80. The molecule has 2 N–H and O–H groups in total. The van der Waals surface area contributed by atoms with Crippen molar-refractivity contribution in [1.82, 2.24) is 25.5 Å². The Balaban J connectivity index is 1.58. The first-order valence-corrected chi connectivity index (χ1v) is 6.24. The van der Waals surface area contributed by atoms with E-state index in [0.29, 0.717) is 6.04 Å². The fourth-order valence-electron chi connectivity index (χ4n) is 2.80. The minimum absolute atomic E-state index is 0.528. The molecule has 2 atom stereocenters. The second-order valence-corrected chi connectivity index (χ2v) is 4.91. The summed E-state index contributed by atoms with van der Waals surface area (Å²) in [5, 5.41) is 18.7. The average Bonchev–Trinajstić information content (AvgIpc) is 2.83. The molecule has 2 aliphatic rings. The molecule has 2 aromatic rings. The normalized spacial score (nSPS) is 29.0. The molecule has 1 saturated heterocycles. The van der Waals surface area contributed by atoms with Crippen molar-refractivity contribution in [3.05, 3.63) is 30.3 Å². The summed E-state index contributed by atoms with van der Waals surface area (Å²) in [5.74, 6) is 2.22. The minimum atomic E-state index is 0.528. The van der Waals surface area contributed by atoms with Gasteiger partial charge in [-0.15, -0.1) is 0 Å². The number of para-hydroxylation sites is 1. The summed E-state index contributed by atoms with van der Waals surface area (Å²) in [7, 11) is 0. The van der Waals surface area contributed by atoms with Crippen LogP contribution in [0, 0.1) is 11.8 Å². The highest BCUT2D eigenvalue weighted by molar-refractivity contribution is 5.41. The maximum atomic E-state index is 4.07. The number of nitrogens with one attached hydrogen (secondary N) is 2. The van der Waals surface area contributed by atoms with Crippen LogP contribution >= 0.6 is 0 Å². The van der Waals surface area contributed by atoms with E-state index >= 15 is 0 Å². The van der Waals surface area contributed by atoms with E-state index in [1.54, 1.807) is 4.68 Å². The summed E-state index contributed by atoms with van der Waals surface area (Å²) in [6.07, 6.45) is 0. The highest BCUT2D eigenvalue weighted by atomic mass is 15.6. The predicted molar refractivity (Wildman–Crippen MR) is 66.4 cm³/mol. The number of benzene rings is 1. The SMILES string of the molecule is c1ccc(-n2nnnc2NC2C3CNCC32)cc1. The Morgan fingerprint density at radius 3 is 2.72 bits per heavy atom. The third-order valence-electron chi connectivity index (χ3n) is 3.86. The lowest BCUT2D eigenvalue weighted by atomic mass is 10.3. The monoisotopic (exact) mass is 242 g/mol. The van der Waals surface area contributed by atoms with Crippen molar-refractivity contribution in [2.24, 2.45) is 11.8 Å². The predicted octanol–water partition coefficient (Wildman–Crippen LogP) is 0.292. The number of hydrogen-bond acceptors (Lipinski definition) is 5. The Labute approximate surface area is 104 Å². The van der Waals surface area contributed by atoms with Gasteiger partial charge in [0.15, 0.2) is 0 Å². The van der Waals surface area contributed by atoms with E-state index in [2.05, 4.69) is 26.2 Å². The van der Waals surface area contributed by atoms with Gasteiger partial charge < -0.3 is 10.6 Å². The van der Waals surface area contributed by atoms with Gasteiger partial charge in [0.1, 0.15) is 0 Å². The van der Waals surface area contributed by atoms with Crippen LogP contribution in [0.2, 0.25) is 0 Å². The first kappa shape index (κ1) is 10.0. The number of anilines is 1. The number of tetrazole rings is 1. The molecule has 1 aromatic heterocycles. The van der Waals surface area contributed by atoms with Crippen LogP contribution in [0.3, 0.4) is 0 Å². The van der Waals surface area contributed by atoms with Gasteiger partial charge in [0.25, 0.3) is 0 Å². The first-order valence-electron chi connectivity index (χ1n) is 6.24. The van der Waals surface area contributed by atoms with Crippen LogP contribution < -0.4 is 10.6 Å². The molecule has 1 aliphatic heterocycles. The van der Waals surface area contributed by atoms with E-state index in [1.165, 1.54) is 0 Å². The zero-order chi connectivity index (χ0) is 11.9. The van der Waals surface area contributed by atoms with Gasteiger partial charge in [-0.3, -0.25) is 0 Å². The van der Waals surface area contributed by atoms with Gasteiger partial charge in [-0.25, -0.2) is 0 Å². The van der Waals surface area contributed by atoms with Crippen LogP contribution in [0.1, 0.15) is 0 Å². The quantitative estimate of drug-likeness (QED) is 0.810. The summed E-state index contributed by atoms with van der Waals surface area (Å²) in [6.45, 7) is 2.21. The zero-order valence-electron chi connectivity index (χ0n) is 9.82. The van der Waals surface area contributed by atoms with Crippen LogP contribution in [0.5, 0.6) is 0 Å². The van der Waals surface area contributed by atoms with Gasteiger partial charge in [0, 0.05) is 19.1 Å². The second-order valence-electron chi connectivity index (χ2n) is 4.91. The van der Waals surface area contributed by atoms with Crippen molar-refractivity contribution in [2.45, 2.75) is 6.04 Å². The lowest BCUT2D eigenvalue weighted by Gasteiger charge is -2.08. The summed E-state index contributed by atoms with van der Waals surface area (Å²) in [5.41, 5.74) is 0.980. The Bertz CT molecular complexity index is 541. The Morgan fingerprint density at radius 1 is 1.17 bits per heavy atom. The fraction of sp³-hybridized carbons (Fsp3) is 0.417. The highest BCUT2D eigenvalue weighted by Crippen LogP contribution is 2.43. The minimum Gasteiger partial charge on any atom is -0.349 e. The maximum absolute atomic E-state index is 4.07. The molecule has 92 valence electrons. The maximum Gasteiger partial charge on any atom is 0.247 e. The molecule has 6 heteroatoms. The molecule has 1 aliphatic carbocycles. The molecule has 1 aromatic carbocycles. The number of piperidine rings is 1. The lowest BCUT2D eigenvalue weighted by Crippen LogP contribution is -2.22. The van der Waals surface area contributed by atoms with Crippen LogP contribution in [-0.2, 0) is 0 Å². The topological polar surface area (TPSA) is 67.7 Å². The van der Waals surface area contributed by atoms with Crippen molar-refractivity contribution in [1.29, 1.82) is 0 Å². The van der Waals surface area contributed by atoms with Crippen molar-refractivity contribution >= 4 is 5.95 Å². The molecule has 4 rings (SSSR count). The Hall–Kier alpha value is -1.95. The number of nitrogens with zero attached hydrogens (tertiary/aromatic N) is 4. The number of hydrogen-bond donors (Lipinski definition) is 2. The van der Waals surface area contributed by atoms with E-state index in [4.69, 9.17) is 0 Å². The third kappa shape index (κ3) is 1.49. The summed E-state index contributed by atoms with van der Waals surface area (Å²) in [6, 6.07) is 10.5. The van der Waals surface area contributed by atoms with Gasteiger partial charge in [-0.2, -0.15) is 4.68 Å². The molecule has 6 nitrogen and oxygen atoms in total. The molecular weight excluding hydrogens is 228 g/mol. The van der Waals surface area contributed by atoms with E-state index < -0.39 is 0 Å². The molecule has 2 heterocycles. The number of aromatic nitrogens is 4. The van der Waals surface area contributed by atoms with Crippen LogP contribution in [-0.4, -0.2) is 39.3 Å². The third-order valence-corrected chi connectivity index (χ3v) is 3.86. The highest BCUT2D eigenvalue weighted by Gasteiger charge is 2.53. The van der Waals surface area contributed by atoms with Crippen molar-refractivity contribution in [2.75, 3.05) is 18.4 Å². The Morgan fingerprint density at radius 2 is 1.94 bits per heavy atom. The second kappa shape index (κ2) is 3.78. The summed E-state index contributed by atoms with van der Waals surface area (Å²) < 4.78 is 1.75. The smallest absolute Gasteiger partial charge is 0.247 e. The standard InChI is InChI=1S/C12H14N6/c1-2-4-8(5-3-1)18-12(15-16-17-18)14-11-9-6-13-7-10(9)11/h1-5,9-11,13H,6-7H2,(H,14,15,17). The van der Waals surface area contributed by atoms with Gasteiger partial charge in [0.2, 0.25) is 5.95 Å². The lowest BCUT2D eigenvalue weighted by molar-refractivity contribution is 0.690. The van der Waals surface area contributed by atoms with Crippen LogP contribution in [0.4, 0.5) is 5.95 Å². The molecule has 1 saturated carbocycles. The van der Waals surface area contributed by atoms with E-state index in [1.807, 2.05) is 30.3 Å². The molecule has 0 amide bonds. The molecule has 0 bridgehead atoms. The number of rotatable bonds is 3. The van der Waals surface area contributed by atoms with Crippen molar-refractivity contribution in [3.8, 4) is 5.69 Å². The zero-order valence-corrected chi connectivity index (χ0v) is 9.82. The molecular formula is C12H14N6. The molecule has 2 unspecified atom stereocenters. The average molecular weight is 242 g/mol. The molecule has 0 radical (unpaired) electrons. The molecule has 18 heavy (non-hydrogen) atoms. The van der Waals surface area contributed by atoms with Crippen molar-refractivity contribution < 1.29 is 0 Å². The van der Waals surface area contributed by atoms with Gasteiger partial charge in [-0.05, 0) is 34.4 Å². The number of fused-ring (bicyclic) bond motifs is 1. The summed E-state index contributed by atoms with van der Waals surface area (Å²) in [4.78, 5) is 0. The molecule has 0 spiro atoms. The van der Waals surface area contributed by atoms with Gasteiger partial charge in [-0.1, -0.05) is 23.3 Å². The first-order chi connectivity index (χ1) is 8.93. The van der Waals surface area contributed by atoms with E-state index in [9.17, 15) is 0 Å².